The van der Waals surface area contributed by atoms with Gasteiger partial charge in [0.1, 0.15) is 28.3 Å². The van der Waals surface area contributed by atoms with Crippen molar-refractivity contribution in [3.63, 3.8) is 0 Å². The fourth-order valence-electron chi connectivity index (χ4n) is 2.94. The molecule has 2 rings (SSSR count). The van der Waals surface area contributed by atoms with Crippen LogP contribution in [0.3, 0.4) is 0 Å². The lowest BCUT2D eigenvalue weighted by Crippen LogP contribution is -2.39. The number of sulfone groups is 1. The molecule has 0 aromatic heterocycles. The highest BCUT2D eigenvalue weighted by Gasteiger charge is 2.33. The van der Waals surface area contributed by atoms with Gasteiger partial charge in [0.05, 0.1) is 32.7 Å². The van der Waals surface area contributed by atoms with Gasteiger partial charge >= 0.3 is 0 Å². The van der Waals surface area contributed by atoms with Crippen LogP contribution in [0.1, 0.15) is 13.3 Å². The highest BCUT2D eigenvalue weighted by molar-refractivity contribution is 7.93. The second kappa shape index (κ2) is 10.7. The van der Waals surface area contributed by atoms with Crippen molar-refractivity contribution >= 4 is 33.0 Å². The van der Waals surface area contributed by atoms with E-state index in [9.17, 15) is 18.0 Å². The van der Waals surface area contributed by atoms with Gasteiger partial charge in [0.15, 0.2) is 9.84 Å². The summed E-state index contributed by atoms with van der Waals surface area (Å²) in [7, 11) is 0.223. The van der Waals surface area contributed by atoms with E-state index >= 15 is 0 Å². The topological polar surface area (TPSA) is 120 Å². The lowest BCUT2D eigenvalue weighted by Gasteiger charge is -2.18. The van der Waals surface area contributed by atoms with E-state index < -0.39 is 32.7 Å². The van der Waals surface area contributed by atoms with Crippen LogP contribution in [-0.2, 0) is 19.4 Å². The first kappa shape index (κ1) is 24.0. The molecule has 0 saturated carbocycles. The van der Waals surface area contributed by atoms with Crippen LogP contribution in [0, 0.1) is 0 Å². The van der Waals surface area contributed by atoms with Crippen LogP contribution in [0.25, 0.3) is 0 Å². The lowest BCUT2D eigenvalue weighted by molar-refractivity contribution is -0.115. The Kier molecular flexibility index (Phi) is 8.26. The highest BCUT2D eigenvalue weighted by Crippen LogP contribution is 2.29. The molecule has 0 spiro atoms. The minimum atomic E-state index is -4.10. The Hall–Kier alpha value is -3.27. The number of rotatable bonds is 10. The number of hydrogen-bond donors (Lipinski definition) is 2. The summed E-state index contributed by atoms with van der Waals surface area (Å²) in [6.07, 6.45) is -0.0115. The summed E-state index contributed by atoms with van der Waals surface area (Å²) in [4.78, 5) is 25.1. The van der Waals surface area contributed by atoms with Gasteiger partial charge in [-0.3, -0.25) is 9.59 Å². The predicted octanol–water partition coefficient (Wildman–Crippen LogP) is 2.48. The maximum atomic E-state index is 12.8. The average molecular weight is 451 g/mol. The molecule has 9 nitrogen and oxygen atoms in total. The van der Waals surface area contributed by atoms with Crippen molar-refractivity contribution in [2.45, 2.75) is 18.6 Å². The van der Waals surface area contributed by atoms with Gasteiger partial charge in [-0.2, -0.15) is 0 Å². The third kappa shape index (κ3) is 6.11. The van der Waals surface area contributed by atoms with E-state index in [1.165, 1.54) is 27.4 Å². The SMILES string of the molecule is CCC(C(=O)Nc1cc(OC)ccc1OC)S(=O)(=O)CC(=O)Nc1ccccc1OC. The Morgan fingerprint density at radius 1 is 0.903 bits per heavy atom. The van der Waals surface area contributed by atoms with Crippen molar-refractivity contribution < 1.29 is 32.2 Å². The van der Waals surface area contributed by atoms with Gasteiger partial charge in [-0.05, 0) is 30.7 Å². The summed E-state index contributed by atoms with van der Waals surface area (Å²) in [5.74, 6) is -1.19. The molecule has 2 N–H and O–H groups in total. The summed E-state index contributed by atoms with van der Waals surface area (Å²) in [5.41, 5.74) is 0.600. The summed E-state index contributed by atoms with van der Waals surface area (Å²) in [6, 6.07) is 11.4. The fourth-order valence-corrected chi connectivity index (χ4v) is 4.48. The Bertz CT molecular complexity index is 1040. The molecule has 1 unspecified atom stereocenters. The second-order valence-corrected chi connectivity index (χ2v) is 8.69. The molecule has 10 heteroatoms. The van der Waals surface area contributed by atoms with Crippen molar-refractivity contribution in [1.82, 2.24) is 0 Å². The molecule has 31 heavy (non-hydrogen) atoms. The molecule has 0 bridgehead atoms. The van der Waals surface area contributed by atoms with E-state index in [1.807, 2.05) is 0 Å². The first-order valence-corrected chi connectivity index (χ1v) is 11.1. The van der Waals surface area contributed by atoms with Gasteiger partial charge in [0.2, 0.25) is 11.8 Å². The van der Waals surface area contributed by atoms with Gasteiger partial charge in [-0.1, -0.05) is 19.1 Å². The maximum absolute atomic E-state index is 12.8. The fraction of sp³-hybridized carbons (Fsp3) is 0.333. The Morgan fingerprint density at radius 2 is 1.55 bits per heavy atom. The van der Waals surface area contributed by atoms with E-state index in [-0.39, 0.29) is 12.1 Å². The number of anilines is 2. The van der Waals surface area contributed by atoms with Crippen molar-refractivity contribution in [3.8, 4) is 17.2 Å². The molecule has 0 fully saturated rings. The van der Waals surface area contributed by atoms with E-state index in [4.69, 9.17) is 14.2 Å². The number of amides is 2. The molecule has 0 saturated heterocycles. The lowest BCUT2D eigenvalue weighted by atomic mass is 10.2. The van der Waals surface area contributed by atoms with Crippen LogP contribution in [0.5, 0.6) is 17.2 Å². The van der Waals surface area contributed by atoms with Gasteiger partial charge in [0, 0.05) is 6.07 Å². The summed E-state index contributed by atoms with van der Waals surface area (Å²) >= 11 is 0. The van der Waals surface area contributed by atoms with E-state index in [2.05, 4.69) is 10.6 Å². The minimum Gasteiger partial charge on any atom is -0.497 e. The first-order valence-electron chi connectivity index (χ1n) is 9.43. The van der Waals surface area contributed by atoms with Crippen molar-refractivity contribution in [2.24, 2.45) is 0 Å². The van der Waals surface area contributed by atoms with Gasteiger partial charge in [0.25, 0.3) is 0 Å². The standard InChI is InChI=1S/C21H26N2O7S/c1-5-19(21(25)23-16-12-14(28-2)10-11-18(16)30-4)31(26,27)13-20(24)22-15-8-6-7-9-17(15)29-3/h6-12,19H,5,13H2,1-4H3,(H,22,24)(H,23,25). The molecule has 2 amide bonds. The molecule has 1 atom stereocenters. The zero-order chi connectivity index (χ0) is 23.0. The van der Waals surface area contributed by atoms with Crippen LogP contribution in [0.2, 0.25) is 0 Å². The highest BCUT2D eigenvalue weighted by atomic mass is 32.2. The third-order valence-electron chi connectivity index (χ3n) is 4.47. The number of para-hydroxylation sites is 2. The van der Waals surface area contributed by atoms with Gasteiger partial charge in [-0.15, -0.1) is 0 Å². The molecular formula is C21H26N2O7S. The largest absolute Gasteiger partial charge is 0.497 e. The molecule has 0 heterocycles. The molecule has 0 aliphatic rings. The number of nitrogens with one attached hydrogen (secondary N) is 2. The zero-order valence-corrected chi connectivity index (χ0v) is 18.6. The molecule has 2 aromatic rings. The average Bonchev–Trinajstić information content (AvgIpc) is 2.73. The quantitative estimate of drug-likeness (QED) is 0.571. The Morgan fingerprint density at radius 3 is 2.16 bits per heavy atom. The summed E-state index contributed by atoms with van der Waals surface area (Å²) in [6.45, 7) is 1.56. The normalized spacial score (nSPS) is 11.9. The van der Waals surface area contributed by atoms with Crippen molar-refractivity contribution in [3.05, 3.63) is 42.5 Å². The molecule has 0 radical (unpaired) electrons. The number of carbonyl (C=O) groups excluding carboxylic acids is 2. The van der Waals surface area contributed by atoms with Crippen LogP contribution >= 0.6 is 0 Å². The van der Waals surface area contributed by atoms with Crippen molar-refractivity contribution in [2.75, 3.05) is 37.7 Å². The molecule has 0 aliphatic heterocycles. The van der Waals surface area contributed by atoms with E-state index in [1.54, 1.807) is 43.3 Å². The number of carbonyl (C=O) groups is 2. The first-order chi connectivity index (χ1) is 14.7. The molecular weight excluding hydrogens is 424 g/mol. The predicted molar refractivity (Wildman–Crippen MR) is 118 cm³/mol. The maximum Gasteiger partial charge on any atom is 0.242 e. The van der Waals surface area contributed by atoms with Crippen LogP contribution < -0.4 is 24.8 Å². The van der Waals surface area contributed by atoms with Crippen LogP contribution in [-0.4, -0.2) is 52.6 Å². The zero-order valence-electron chi connectivity index (χ0n) is 17.8. The smallest absolute Gasteiger partial charge is 0.242 e. The molecule has 2 aromatic carbocycles. The van der Waals surface area contributed by atoms with Crippen LogP contribution in [0.15, 0.2) is 42.5 Å². The second-order valence-electron chi connectivity index (χ2n) is 6.51. The number of hydrogen-bond acceptors (Lipinski definition) is 7. The number of ether oxygens (including phenoxy) is 3. The Balaban J connectivity index is 2.16. The summed E-state index contributed by atoms with van der Waals surface area (Å²) in [5, 5.41) is 3.64. The van der Waals surface area contributed by atoms with Crippen LogP contribution in [0.4, 0.5) is 11.4 Å². The third-order valence-corrected chi connectivity index (χ3v) is 6.55. The molecule has 168 valence electrons. The summed E-state index contributed by atoms with van der Waals surface area (Å²) < 4.78 is 41.1. The number of benzene rings is 2. The Labute approximate surface area is 181 Å². The minimum absolute atomic E-state index is 0.0115. The van der Waals surface area contributed by atoms with Gasteiger partial charge in [-0.25, -0.2) is 8.42 Å². The monoisotopic (exact) mass is 450 g/mol. The number of methoxy groups -OCH3 is 3. The van der Waals surface area contributed by atoms with E-state index in [0.29, 0.717) is 22.9 Å². The van der Waals surface area contributed by atoms with E-state index in [0.717, 1.165) is 0 Å². The van der Waals surface area contributed by atoms with Crippen molar-refractivity contribution in [1.29, 1.82) is 0 Å². The van der Waals surface area contributed by atoms with Gasteiger partial charge < -0.3 is 24.8 Å². The molecule has 0 aliphatic carbocycles.